The summed E-state index contributed by atoms with van der Waals surface area (Å²) < 4.78 is 9.50. The van der Waals surface area contributed by atoms with Gasteiger partial charge in [0.2, 0.25) is 0 Å². The number of nitrogens with zero attached hydrogens (tertiary/aromatic N) is 2. The number of halogens is 1. The zero-order valence-electron chi connectivity index (χ0n) is 6.87. The third kappa shape index (κ3) is 4.16. The van der Waals surface area contributed by atoms with E-state index in [2.05, 4.69) is 35.8 Å². The van der Waals surface area contributed by atoms with Crippen molar-refractivity contribution in [2.45, 2.75) is 0 Å². The number of hydrogen-bond acceptors (Lipinski definition) is 4. The van der Waals surface area contributed by atoms with Gasteiger partial charge >= 0.3 is 40.5 Å². The molecular formula is C6H7IN2O2Zn. The number of hydrogen-bond donors (Lipinski definition) is 0. The van der Waals surface area contributed by atoms with E-state index in [1.54, 1.807) is 0 Å². The summed E-state index contributed by atoms with van der Waals surface area (Å²) in [6, 6.07) is 2.96. The van der Waals surface area contributed by atoms with Crippen LogP contribution in [-0.2, 0) is 14.8 Å². The predicted octanol–water partition coefficient (Wildman–Crippen LogP) is 1.18. The van der Waals surface area contributed by atoms with Gasteiger partial charge in [-0.15, -0.1) is 6.20 Å². The Balaban J connectivity index is 0.000000561. The summed E-state index contributed by atoms with van der Waals surface area (Å²) in [6.07, 6.45) is 1.45. The van der Waals surface area contributed by atoms with E-state index in [-0.39, 0.29) is 6.01 Å². The van der Waals surface area contributed by atoms with Crippen molar-refractivity contribution in [3.63, 3.8) is 0 Å². The van der Waals surface area contributed by atoms with Gasteiger partial charge in [0.1, 0.15) is 0 Å². The van der Waals surface area contributed by atoms with Gasteiger partial charge < -0.3 is 15.5 Å². The molecule has 0 aromatic carbocycles. The van der Waals surface area contributed by atoms with Gasteiger partial charge in [-0.3, -0.25) is 0 Å². The number of ether oxygens (including phenoxy) is 2. The summed E-state index contributed by atoms with van der Waals surface area (Å²) in [5.41, 5.74) is 0. The minimum absolute atomic E-state index is 0.288. The van der Waals surface area contributed by atoms with E-state index in [1.807, 2.05) is 0 Å². The maximum atomic E-state index is 4.77. The number of aromatic nitrogens is 2. The van der Waals surface area contributed by atoms with Crippen LogP contribution in [0.4, 0.5) is 0 Å². The SMILES string of the molecule is COc1[c-]cnc(OC)n1.[Zn+][I]. The molecule has 0 saturated heterocycles. The second-order valence-electron chi connectivity index (χ2n) is 1.51. The number of methoxy groups -OCH3 is 2. The first-order valence-electron chi connectivity index (χ1n) is 2.96. The van der Waals surface area contributed by atoms with Crippen LogP contribution in [0, 0.1) is 6.07 Å². The molecule has 0 radical (unpaired) electrons. The van der Waals surface area contributed by atoms with Gasteiger partial charge in [-0.25, -0.2) is 4.98 Å². The normalized spacial score (nSPS) is 8.08. The van der Waals surface area contributed by atoms with E-state index in [4.69, 9.17) is 9.47 Å². The molecule has 0 aliphatic rings. The molecule has 0 atom stereocenters. The predicted molar refractivity (Wildman–Crippen MR) is 48.0 cm³/mol. The van der Waals surface area contributed by atoms with Crippen LogP contribution in [0.3, 0.4) is 0 Å². The first kappa shape index (κ1) is 12.0. The van der Waals surface area contributed by atoms with E-state index in [9.17, 15) is 0 Å². The summed E-state index contributed by atoms with van der Waals surface area (Å²) in [5.74, 6) is 0.381. The Morgan fingerprint density at radius 3 is 2.58 bits per heavy atom. The molecule has 1 heterocycles. The zero-order chi connectivity index (χ0) is 9.40. The molecule has 0 N–H and O–H groups in total. The van der Waals surface area contributed by atoms with E-state index >= 15 is 0 Å². The van der Waals surface area contributed by atoms with Crippen LogP contribution in [0.25, 0.3) is 0 Å². The third-order valence-corrected chi connectivity index (χ3v) is 0.936. The molecular weight excluding hydrogens is 324 g/mol. The molecule has 0 aliphatic carbocycles. The fraction of sp³-hybridized carbons (Fsp3) is 0.333. The molecule has 4 nitrogen and oxygen atoms in total. The van der Waals surface area contributed by atoms with Crippen molar-refractivity contribution in [2.75, 3.05) is 14.2 Å². The Morgan fingerprint density at radius 1 is 1.42 bits per heavy atom. The van der Waals surface area contributed by atoms with Crippen LogP contribution < -0.4 is 9.47 Å². The Bertz CT molecular complexity index is 205. The zero-order valence-corrected chi connectivity index (χ0v) is 12.0. The van der Waals surface area contributed by atoms with Crippen LogP contribution in [0.5, 0.6) is 11.9 Å². The molecule has 0 fully saturated rings. The van der Waals surface area contributed by atoms with Gasteiger partial charge in [0.05, 0.1) is 14.2 Å². The van der Waals surface area contributed by atoms with E-state index in [0.29, 0.717) is 5.88 Å². The maximum absolute atomic E-state index is 4.77. The Kier molecular flexibility index (Phi) is 7.69. The molecule has 0 spiro atoms. The molecule has 1 aromatic heterocycles. The summed E-state index contributed by atoms with van der Waals surface area (Å²) in [4.78, 5) is 7.54. The molecule has 1 aromatic rings. The quantitative estimate of drug-likeness (QED) is 0.464. The molecule has 0 amide bonds. The first-order chi connectivity index (χ1) is 5.86. The third-order valence-electron chi connectivity index (χ3n) is 0.936. The van der Waals surface area contributed by atoms with Crippen molar-refractivity contribution in [3.8, 4) is 11.9 Å². The van der Waals surface area contributed by atoms with Gasteiger partial charge in [-0.05, 0) is 0 Å². The Hall–Kier alpha value is 0.0334. The van der Waals surface area contributed by atoms with Crippen molar-refractivity contribution < 1.29 is 24.3 Å². The van der Waals surface area contributed by atoms with Gasteiger partial charge in [0.15, 0.2) is 0 Å². The monoisotopic (exact) mass is 330 g/mol. The molecule has 0 aliphatic heterocycles. The fourth-order valence-corrected chi connectivity index (χ4v) is 0.494. The molecule has 62 valence electrons. The molecule has 1 rings (SSSR count). The first-order valence-corrected chi connectivity index (χ1v) is 12.0. The standard InChI is InChI=1S/C6H7N2O2.HI.Zn/c1-9-5-3-4-7-6(8-5)10-2;;/h4H,1-2H3;1H;/q-1;;+2/p-1. The molecule has 0 unspecified atom stereocenters. The van der Waals surface area contributed by atoms with Crippen LogP contribution >= 0.6 is 19.8 Å². The summed E-state index contributed by atoms with van der Waals surface area (Å²) >= 11 is 3.62. The van der Waals surface area contributed by atoms with E-state index < -0.39 is 0 Å². The van der Waals surface area contributed by atoms with Crippen LogP contribution in [0.1, 0.15) is 0 Å². The molecule has 0 saturated carbocycles. The second-order valence-corrected chi connectivity index (χ2v) is 1.51. The van der Waals surface area contributed by atoms with Crippen molar-refractivity contribution in [3.05, 3.63) is 12.3 Å². The Labute approximate surface area is 91.9 Å². The van der Waals surface area contributed by atoms with Crippen molar-refractivity contribution >= 4 is 19.8 Å². The molecule has 0 bridgehead atoms. The Morgan fingerprint density at radius 2 is 2.08 bits per heavy atom. The van der Waals surface area contributed by atoms with Crippen molar-refractivity contribution in [1.82, 2.24) is 9.97 Å². The van der Waals surface area contributed by atoms with Crippen molar-refractivity contribution in [1.29, 1.82) is 0 Å². The van der Waals surface area contributed by atoms with Crippen LogP contribution in [-0.4, -0.2) is 24.2 Å². The average Bonchev–Trinajstić information content (AvgIpc) is 2.21. The molecule has 12 heavy (non-hydrogen) atoms. The summed E-state index contributed by atoms with van der Waals surface area (Å²) in [7, 11) is 3.01. The minimum atomic E-state index is 0.288. The van der Waals surface area contributed by atoms with Gasteiger partial charge in [-0.2, -0.15) is 4.98 Å². The van der Waals surface area contributed by atoms with E-state index in [1.165, 1.54) is 35.2 Å². The topological polar surface area (TPSA) is 44.2 Å². The van der Waals surface area contributed by atoms with Gasteiger partial charge in [-0.1, -0.05) is 0 Å². The second kappa shape index (κ2) is 7.67. The average molecular weight is 331 g/mol. The van der Waals surface area contributed by atoms with Crippen molar-refractivity contribution in [2.24, 2.45) is 0 Å². The summed E-state index contributed by atoms with van der Waals surface area (Å²) in [6.45, 7) is 0. The van der Waals surface area contributed by atoms with Crippen LogP contribution in [0.15, 0.2) is 6.20 Å². The number of rotatable bonds is 2. The van der Waals surface area contributed by atoms with Gasteiger partial charge in [0, 0.05) is 5.88 Å². The van der Waals surface area contributed by atoms with Gasteiger partial charge in [0.25, 0.3) is 0 Å². The summed E-state index contributed by atoms with van der Waals surface area (Å²) in [5, 5.41) is 0. The van der Waals surface area contributed by atoms with E-state index in [0.717, 1.165) is 0 Å². The van der Waals surface area contributed by atoms with Crippen LogP contribution in [0.2, 0.25) is 0 Å². The fourth-order valence-electron chi connectivity index (χ4n) is 0.494. The molecule has 6 heteroatoms.